The Morgan fingerprint density at radius 1 is 1.24 bits per heavy atom. The number of anilines is 1. The number of nitrogens with one attached hydrogen (secondary N) is 1. The van der Waals surface area contributed by atoms with Crippen molar-refractivity contribution in [3.8, 4) is 0 Å². The first-order valence-electron chi connectivity index (χ1n) is 11.8. The number of hydrogen-bond donors (Lipinski definition) is 2. The molecule has 4 aromatic rings. The highest BCUT2D eigenvalue weighted by molar-refractivity contribution is 7.17. The minimum atomic E-state index is -0.979. The van der Waals surface area contributed by atoms with Crippen molar-refractivity contribution in [3.05, 3.63) is 69.6 Å². The van der Waals surface area contributed by atoms with Crippen LogP contribution in [0.4, 0.5) is 10.1 Å². The van der Waals surface area contributed by atoms with E-state index in [0.29, 0.717) is 30.8 Å². The predicted octanol–water partition coefficient (Wildman–Crippen LogP) is 4.31. The minimum absolute atomic E-state index is 0.0677. The van der Waals surface area contributed by atoms with Gasteiger partial charge in [-0.2, -0.15) is 4.80 Å². The number of rotatable bonds is 8. The number of carboxylic acid groups (broad SMARTS) is 1. The summed E-state index contributed by atoms with van der Waals surface area (Å²) in [6.45, 7) is 0.517. The normalized spacial score (nSPS) is 15.2. The Morgan fingerprint density at radius 3 is 2.87 bits per heavy atom. The number of likely N-dealkylation sites (tertiary alicyclic amines) is 1. The maximum atomic E-state index is 15.0. The molecular formula is C25H22ClFN6O4S. The Labute approximate surface area is 225 Å². The second kappa shape index (κ2) is 10.8. The molecule has 1 saturated heterocycles. The van der Waals surface area contributed by atoms with E-state index in [4.69, 9.17) is 16.7 Å². The average Bonchev–Trinajstić information content (AvgIpc) is 3.64. The summed E-state index contributed by atoms with van der Waals surface area (Å²) in [5.41, 5.74) is 0.680. The number of carbonyl (C=O) groups excluding carboxylic acids is 2. The van der Waals surface area contributed by atoms with Gasteiger partial charge in [0, 0.05) is 22.0 Å². The molecule has 1 aliphatic heterocycles. The van der Waals surface area contributed by atoms with E-state index in [1.165, 1.54) is 22.2 Å². The topological polar surface area (TPSA) is 130 Å². The molecule has 0 saturated carbocycles. The first-order valence-corrected chi connectivity index (χ1v) is 13.1. The number of halogens is 2. The Hall–Kier alpha value is -3.90. The maximum Gasteiger partial charge on any atom is 0.305 e. The van der Waals surface area contributed by atoms with Gasteiger partial charge in [0.15, 0.2) is 5.82 Å². The van der Waals surface area contributed by atoms with Gasteiger partial charge in [-0.3, -0.25) is 14.4 Å². The Balaban J connectivity index is 1.27. The van der Waals surface area contributed by atoms with Crippen molar-refractivity contribution in [2.45, 2.75) is 38.3 Å². The Morgan fingerprint density at radius 2 is 2.05 bits per heavy atom. The fraction of sp³-hybridized carbons (Fsp3) is 0.280. The number of aryl methyl sites for hydroxylation is 1. The van der Waals surface area contributed by atoms with Crippen LogP contribution in [0.25, 0.3) is 10.1 Å². The molecule has 2 N–H and O–H groups in total. The summed E-state index contributed by atoms with van der Waals surface area (Å²) in [7, 11) is 0. The summed E-state index contributed by atoms with van der Waals surface area (Å²) in [4.78, 5) is 39.5. The van der Waals surface area contributed by atoms with E-state index in [0.717, 1.165) is 16.2 Å². The predicted molar refractivity (Wildman–Crippen MR) is 139 cm³/mol. The third kappa shape index (κ3) is 5.36. The molecule has 1 aliphatic rings. The first-order chi connectivity index (χ1) is 18.3. The number of nitrogens with zero attached hydrogens (tertiary/aromatic N) is 5. The lowest BCUT2D eigenvalue weighted by Crippen LogP contribution is -2.32. The van der Waals surface area contributed by atoms with E-state index in [2.05, 4.69) is 20.7 Å². The van der Waals surface area contributed by atoms with Crippen molar-refractivity contribution >= 4 is 56.5 Å². The number of amides is 2. The Bertz CT molecular complexity index is 1540. The molecule has 2 aromatic heterocycles. The van der Waals surface area contributed by atoms with Crippen LogP contribution >= 0.6 is 22.9 Å². The third-order valence-electron chi connectivity index (χ3n) is 6.32. The van der Waals surface area contributed by atoms with Gasteiger partial charge in [-0.05, 0) is 41.8 Å². The number of benzene rings is 2. The summed E-state index contributed by atoms with van der Waals surface area (Å²) in [5.74, 6) is -2.06. The maximum absolute atomic E-state index is 15.0. The fourth-order valence-corrected chi connectivity index (χ4v) is 5.61. The van der Waals surface area contributed by atoms with Crippen LogP contribution in [0.5, 0.6) is 0 Å². The molecule has 0 radical (unpaired) electrons. The lowest BCUT2D eigenvalue weighted by molar-refractivity contribution is -0.137. The second-order valence-corrected chi connectivity index (χ2v) is 10.2. The molecule has 0 bridgehead atoms. The van der Waals surface area contributed by atoms with Crippen molar-refractivity contribution in [1.82, 2.24) is 25.1 Å². The number of carboxylic acids is 1. The van der Waals surface area contributed by atoms with Crippen molar-refractivity contribution < 1.29 is 23.9 Å². The molecule has 3 heterocycles. The summed E-state index contributed by atoms with van der Waals surface area (Å²) in [6, 6.07) is 9.52. The number of fused-ring (bicyclic) bond motifs is 1. The summed E-state index contributed by atoms with van der Waals surface area (Å²) >= 11 is 7.81. The second-order valence-electron chi connectivity index (χ2n) is 8.83. The molecule has 5 rings (SSSR count). The molecule has 2 amide bonds. The molecule has 1 fully saturated rings. The van der Waals surface area contributed by atoms with Gasteiger partial charge in [0.1, 0.15) is 5.82 Å². The van der Waals surface area contributed by atoms with Crippen molar-refractivity contribution in [3.63, 3.8) is 0 Å². The van der Waals surface area contributed by atoms with Crippen LogP contribution in [0, 0.1) is 5.82 Å². The number of tetrazole rings is 1. The standard InChI is InChI=1S/C25H22ClFN6O4S/c26-17-10-14(18(27)12-19(17)28-25(37)16-13-38-21-6-2-1-4-15(16)21)11-22(34)32-8-3-5-20(32)24-29-31-33(30-24)9-7-23(35)36/h1-2,4,6,10,12-13,20H,3,5,7-9,11H2,(H,28,37)(H,35,36)/t20-/m0/s1. The lowest BCUT2D eigenvalue weighted by atomic mass is 10.1. The van der Waals surface area contributed by atoms with E-state index in [1.54, 1.807) is 10.3 Å². The van der Waals surface area contributed by atoms with Crippen LogP contribution in [0.3, 0.4) is 0 Å². The zero-order chi connectivity index (χ0) is 26.8. The summed E-state index contributed by atoms with van der Waals surface area (Å²) in [5, 5.41) is 26.2. The molecule has 0 aliphatic carbocycles. The number of hydrogen-bond acceptors (Lipinski definition) is 7. The van der Waals surface area contributed by atoms with Crippen LogP contribution < -0.4 is 5.32 Å². The van der Waals surface area contributed by atoms with Gasteiger partial charge in [0.2, 0.25) is 5.91 Å². The van der Waals surface area contributed by atoms with E-state index in [9.17, 15) is 14.4 Å². The first kappa shape index (κ1) is 25.7. The highest BCUT2D eigenvalue weighted by Gasteiger charge is 2.33. The largest absolute Gasteiger partial charge is 0.481 e. The highest BCUT2D eigenvalue weighted by Crippen LogP contribution is 2.32. The highest BCUT2D eigenvalue weighted by atomic mass is 35.5. The van der Waals surface area contributed by atoms with Crippen molar-refractivity contribution in [1.29, 1.82) is 0 Å². The zero-order valence-electron chi connectivity index (χ0n) is 19.9. The monoisotopic (exact) mass is 556 g/mol. The van der Waals surface area contributed by atoms with Crippen LogP contribution in [0.2, 0.25) is 5.02 Å². The molecule has 2 aromatic carbocycles. The molecule has 196 valence electrons. The summed E-state index contributed by atoms with van der Waals surface area (Å²) < 4.78 is 16.0. The zero-order valence-corrected chi connectivity index (χ0v) is 21.5. The molecule has 0 unspecified atom stereocenters. The Kier molecular flexibility index (Phi) is 7.34. The van der Waals surface area contributed by atoms with Gasteiger partial charge in [-0.1, -0.05) is 29.8 Å². The van der Waals surface area contributed by atoms with Gasteiger partial charge in [-0.15, -0.1) is 21.5 Å². The molecule has 10 nitrogen and oxygen atoms in total. The lowest BCUT2D eigenvalue weighted by Gasteiger charge is -2.22. The van der Waals surface area contributed by atoms with Gasteiger partial charge in [0.05, 0.1) is 41.7 Å². The molecule has 13 heteroatoms. The number of thiophene rings is 1. The van der Waals surface area contributed by atoms with Gasteiger partial charge >= 0.3 is 5.97 Å². The minimum Gasteiger partial charge on any atom is -0.481 e. The van der Waals surface area contributed by atoms with E-state index in [1.807, 2.05) is 24.3 Å². The van der Waals surface area contributed by atoms with Gasteiger partial charge in [0.25, 0.3) is 5.91 Å². The van der Waals surface area contributed by atoms with Crippen molar-refractivity contribution in [2.24, 2.45) is 0 Å². The van der Waals surface area contributed by atoms with Crippen LogP contribution in [0.15, 0.2) is 41.8 Å². The van der Waals surface area contributed by atoms with Crippen LogP contribution in [-0.2, 0) is 22.6 Å². The third-order valence-corrected chi connectivity index (χ3v) is 7.59. The van der Waals surface area contributed by atoms with Gasteiger partial charge in [-0.25, -0.2) is 4.39 Å². The van der Waals surface area contributed by atoms with E-state index < -0.39 is 23.7 Å². The number of aromatic nitrogens is 4. The molecule has 38 heavy (non-hydrogen) atoms. The molecule has 0 spiro atoms. The number of aliphatic carboxylic acids is 1. The summed E-state index contributed by atoms with van der Waals surface area (Å²) in [6.07, 6.45) is 0.940. The van der Waals surface area contributed by atoms with Gasteiger partial charge < -0.3 is 15.3 Å². The average molecular weight is 557 g/mol. The van der Waals surface area contributed by atoms with Crippen LogP contribution in [-0.4, -0.2) is 54.5 Å². The molecular weight excluding hydrogens is 535 g/mol. The molecule has 1 atom stereocenters. The fourth-order valence-electron chi connectivity index (χ4n) is 4.44. The van der Waals surface area contributed by atoms with E-state index >= 15 is 4.39 Å². The van der Waals surface area contributed by atoms with Crippen LogP contribution in [0.1, 0.15) is 47.1 Å². The smallest absolute Gasteiger partial charge is 0.305 e. The number of carbonyl (C=O) groups is 3. The van der Waals surface area contributed by atoms with E-state index in [-0.39, 0.29) is 41.6 Å². The quantitative estimate of drug-likeness (QED) is 0.330. The van der Waals surface area contributed by atoms with Crippen molar-refractivity contribution in [2.75, 3.05) is 11.9 Å². The SMILES string of the molecule is O=C(O)CCn1nnc([C@@H]2CCCN2C(=O)Cc2cc(Cl)c(NC(=O)c3csc4ccccc34)cc2F)n1.